The van der Waals surface area contributed by atoms with E-state index in [1.807, 2.05) is 109 Å². The average Bonchev–Trinajstić information content (AvgIpc) is 3.42. The normalized spacial score (nSPS) is 11.6. The summed E-state index contributed by atoms with van der Waals surface area (Å²) in [6.07, 6.45) is 0. The van der Waals surface area contributed by atoms with Gasteiger partial charge in [0.15, 0.2) is 5.78 Å². The lowest BCUT2D eigenvalue weighted by atomic mass is 9.98. The molecule has 0 amide bonds. The summed E-state index contributed by atoms with van der Waals surface area (Å²) in [6, 6.07) is 37.0. The summed E-state index contributed by atoms with van der Waals surface area (Å²) in [7, 11) is 0. The van der Waals surface area contributed by atoms with Crippen molar-refractivity contribution < 1.29 is 19.2 Å². The predicted octanol–water partition coefficient (Wildman–Crippen LogP) is 9.51. The first kappa shape index (κ1) is 32.2. The molecule has 0 fully saturated rings. The topological polar surface area (TPSA) is 77.7 Å². The highest BCUT2D eigenvalue weighted by Crippen LogP contribution is 2.32. The van der Waals surface area contributed by atoms with E-state index >= 15 is 0 Å². The molecule has 0 saturated carbocycles. The van der Waals surface area contributed by atoms with E-state index in [9.17, 15) is 14.4 Å². The van der Waals surface area contributed by atoms with Crippen LogP contribution in [0.3, 0.4) is 0 Å². The van der Waals surface area contributed by atoms with Crippen LogP contribution in [0.25, 0.3) is 32.9 Å². The maximum atomic E-state index is 13.8. The molecule has 6 aromatic rings. The Bertz CT molecular complexity index is 2140. The van der Waals surface area contributed by atoms with Gasteiger partial charge in [-0.1, -0.05) is 87.8 Å². The lowest BCUT2D eigenvalue weighted by Gasteiger charge is -2.07. The molecule has 1 aromatic heterocycles. The molecular weight excluding hydrogens is 672 g/mol. The number of halogens is 1. The Morgan fingerprint density at radius 3 is 1.98 bits per heavy atom. The second-order valence-corrected chi connectivity index (χ2v) is 13.0. The summed E-state index contributed by atoms with van der Waals surface area (Å²) in [6.45, 7) is 4.04. The summed E-state index contributed by atoms with van der Waals surface area (Å²) in [4.78, 5) is 43.9. The van der Waals surface area contributed by atoms with Crippen molar-refractivity contribution in [3.63, 3.8) is 0 Å². The van der Waals surface area contributed by atoms with Gasteiger partial charge in [0.25, 0.3) is 0 Å². The minimum atomic E-state index is -0.596. The zero-order valence-electron chi connectivity index (χ0n) is 25.9. The van der Waals surface area contributed by atoms with Crippen molar-refractivity contribution >= 4 is 72.7 Å². The van der Waals surface area contributed by atoms with Crippen LogP contribution in [-0.2, 0) is 21.9 Å². The van der Waals surface area contributed by atoms with E-state index in [4.69, 9.17) is 4.84 Å². The number of aryl methyl sites for hydroxylation is 1. The van der Waals surface area contributed by atoms with E-state index in [0.717, 1.165) is 43.0 Å². The molecule has 47 heavy (non-hydrogen) atoms. The number of aromatic nitrogens is 1. The third-order valence-electron chi connectivity index (χ3n) is 7.93. The van der Waals surface area contributed by atoms with Gasteiger partial charge in [-0.05, 0) is 72.1 Å². The maximum absolute atomic E-state index is 13.8. The fourth-order valence-electron chi connectivity index (χ4n) is 5.60. The van der Waals surface area contributed by atoms with Gasteiger partial charge in [0.2, 0.25) is 5.78 Å². The first-order valence-electron chi connectivity index (χ1n) is 15.2. The molecule has 0 spiro atoms. The Balaban J connectivity index is 1.31. The van der Waals surface area contributed by atoms with Crippen LogP contribution in [0.5, 0.6) is 0 Å². The summed E-state index contributed by atoms with van der Waals surface area (Å²) in [5.41, 5.74) is 6.92. The fourth-order valence-corrected chi connectivity index (χ4v) is 6.78. The molecule has 6 nitrogen and oxygen atoms in total. The molecule has 0 saturated heterocycles. The summed E-state index contributed by atoms with van der Waals surface area (Å²) in [5.74, 6) is -0.0662. The van der Waals surface area contributed by atoms with Crippen LogP contribution in [0.15, 0.2) is 125 Å². The van der Waals surface area contributed by atoms with Gasteiger partial charge in [0, 0.05) is 67.9 Å². The number of hydrogen-bond donors (Lipinski definition) is 0. The van der Waals surface area contributed by atoms with Crippen LogP contribution in [-0.4, -0.2) is 33.6 Å². The van der Waals surface area contributed by atoms with E-state index in [0.29, 0.717) is 29.0 Å². The number of fused-ring (bicyclic) bond motifs is 3. The molecule has 0 bridgehead atoms. The first-order chi connectivity index (χ1) is 22.8. The number of thioether (sulfide) groups is 1. The minimum Gasteiger partial charge on any atom is -0.341 e. The molecule has 6 rings (SSSR count). The lowest BCUT2D eigenvalue weighted by Crippen LogP contribution is -2.18. The molecule has 234 valence electrons. The van der Waals surface area contributed by atoms with Crippen molar-refractivity contribution in [2.24, 2.45) is 5.16 Å². The van der Waals surface area contributed by atoms with E-state index in [1.165, 1.54) is 18.7 Å². The zero-order valence-corrected chi connectivity index (χ0v) is 28.3. The zero-order chi connectivity index (χ0) is 32.9. The molecular formula is C39H31BrN2O4S. The van der Waals surface area contributed by atoms with Crippen LogP contribution >= 0.6 is 27.7 Å². The third-order valence-corrected chi connectivity index (χ3v) is 9.47. The number of benzene rings is 5. The van der Waals surface area contributed by atoms with Gasteiger partial charge in [-0.3, -0.25) is 9.59 Å². The van der Waals surface area contributed by atoms with Crippen LogP contribution in [0.2, 0.25) is 0 Å². The molecule has 5 aromatic carbocycles. The van der Waals surface area contributed by atoms with Crippen LogP contribution in [0.1, 0.15) is 45.7 Å². The highest BCUT2D eigenvalue weighted by molar-refractivity contribution is 9.10. The molecule has 0 radical (unpaired) electrons. The number of carbonyl (C=O) groups excluding carboxylic acids is 3. The fraction of sp³-hybridized carbons (Fsp3) is 0.128. The van der Waals surface area contributed by atoms with Crippen LogP contribution in [0, 0.1) is 0 Å². The van der Waals surface area contributed by atoms with Gasteiger partial charge in [-0.15, -0.1) is 0 Å². The molecule has 0 N–H and O–H groups in total. The molecule has 0 aliphatic heterocycles. The smallest absolute Gasteiger partial charge is 0.331 e. The van der Waals surface area contributed by atoms with Crippen molar-refractivity contribution in [3.8, 4) is 11.1 Å². The molecule has 0 atom stereocenters. The van der Waals surface area contributed by atoms with Gasteiger partial charge in [0.1, 0.15) is 5.71 Å². The summed E-state index contributed by atoms with van der Waals surface area (Å²) < 4.78 is 3.16. The number of carbonyl (C=O) groups is 3. The molecule has 1 heterocycles. The van der Waals surface area contributed by atoms with Crippen molar-refractivity contribution in [2.75, 3.05) is 5.75 Å². The average molecular weight is 704 g/mol. The number of ketones is 2. The predicted molar refractivity (Wildman–Crippen MR) is 194 cm³/mol. The molecule has 0 unspecified atom stereocenters. The number of Topliss-reactive ketones (excluding diaryl/α,β-unsaturated/α-hetero) is 1. The Labute approximate surface area is 285 Å². The third kappa shape index (κ3) is 7.14. The largest absolute Gasteiger partial charge is 0.341 e. The van der Waals surface area contributed by atoms with Gasteiger partial charge >= 0.3 is 5.97 Å². The van der Waals surface area contributed by atoms with Crippen LogP contribution < -0.4 is 0 Å². The Kier molecular flexibility index (Phi) is 9.80. The Morgan fingerprint density at radius 2 is 1.34 bits per heavy atom. The van der Waals surface area contributed by atoms with E-state index in [-0.39, 0.29) is 23.0 Å². The van der Waals surface area contributed by atoms with Crippen molar-refractivity contribution in [3.05, 3.63) is 142 Å². The number of nitrogens with zero attached hydrogens (tertiary/aromatic N) is 2. The maximum Gasteiger partial charge on any atom is 0.331 e. The standard InChI is InChI=1S/C39H31BrN2O4S/c1-3-42-36-19-15-30(38(44)29-13-11-28(12-14-29)27-7-5-4-6-8-27)21-33(36)34-22-31(16-20-37(34)42)39(45)35(41-46-25(2)43)24-47-23-26-9-17-32(40)18-10-26/h4-22H,3,23-24H2,1-2H3/b41-35+. The van der Waals surface area contributed by atoms with E-state index in [2.05, 4.69) is 32.6 Å². The van der Waals surface area contributed by atoms with Gasteiger partial charge in [-0.2, -0.15) is 11.8 Å². The highest BCUT2D eigenvalue weighted by atomic mass is 79.9. The number of hydrogen-bond acceptors (Lipinski definition) is 6. The first-order valence-corrected chi connectivity index (χ1v) is 17.1. The Morgan fingerprint density at radius 1 is 0.745 bits per heavy atom. The van der Waals surface area contributed by atoms with Crippen molar-refractivity contribution in [1.29, 1.82) is 0 Å². The van der Waals surface area contributed by atoms with Gasteiger partial charge in [0.05, 0.1) is 0 Å². The summed E-state index contributed by atoms with van der Waals surface area (Å²) >= 11 is 4.96. The summed E-state index contributed by atoms with van der Waals surface area (Å²) in [5, 5.41) is 5.68. The number of oxime groups is 1. The van der Waals surface area contributed by atoms with Crippen molar-refractivity contribution in [2.45, 2.75) is 26.1 Å². The number of rotatable bonds is 11. The quantitative estimate of drug-likeness (QED) is 0.0582. The second kappa shape index (κ2) is 14.3. The molecule has 0 aliphatic carbocycles. The highest BCUT2D eigenvalue weighted by Gasteiger charge is 2.20. The van der Waals surface area contributed by atoms with Crippen LogP contribution in [0.4, 0.5) is 0 Å². The molecule has 8 heteroatoms. The monoisotopic (exact) mass is 702 g/mol. The minimum absolute atomic E-state index is 0.0743. The van der Waals surface area contributed by atoms with E-state index < -0.39 is 5.97 Å². The second-order valence-electron chi connectivity index (χ2n) is 11.0. The van der Waals surface area contributed by atoms with Crippen molar-refractivity contribution in [1.82, 2.24) is 4.57 Å². The Hall–Kier alpha value is -4.79. The van der Waals surface area contributed by atoms with Gasteiger partial charge < -0.3 is 9.40 Å². The van der Waals surface area contributed by atoms with E-state index in [1.54, 1.807) is 6.07 Å². The molecule has 0 aliphatic rings. The van der Waals surface area contributed by atoms with Gasteiger partial charge in [-0.25, -0.2) is 4.79 Å². The lowest BCUT2D eigenvalue weighted by molar-refractivity contribution is -0.140. The SMILES string of the molecule is CCn1c2ccc(C(=O)/C(CSCc3ccc(Br)cc3)=N/OC(C)=O)cc2c2cc(C(=O)c3ccc(-c4ccccc4)cc3)ccc21.